The van der Waals surface area contributed by atoms with Crippen LogP contribution < -0.4 is 4.18 Å². The molecule has 0 aliphatic heterocycles. The van der Waals surface area contributed by atoms with Gasteiger partial charge >= 0.3 is 22.2 Å². The molecule has 0 unspecified atom stereocenters. The third-order valence-electron chi connectivity index (χ3n) is 2.54. The van der Waals surface area contributed by atoms with E-state index in [0.29, 0.717) is 0 Å². The average Bonchev–Trinajstić information content (AvgIpc) is 2.86. The second kappa shape index (κ2) is 5.96. The Morgan fingerprint density at radius 2 is 1.91 bits per heavy atom. The highest BCUT2D eigenvalue weighted by atomic mass is 35.5. The van der Waals surface area contributed by atoms with Crippen molar-refractivity contribution in [1.82, 2.24) is 9.78 Å². The Balaban J connectivity index is 2.50. The maximum Gasteiger partial charge on any atom is 0.534 e. The van der Waals surface area contributed by atoms with Gasteiger partial charge in [0.25, 0.3) is 0 Å². The van der Waals surface area contributed by atoms with Crippen LogP contribution in [-0.4, -0.2) is 23.7 Å². The van der Waals surface area contributed by atoms with Gasteiger partial charge in [-0.3, -0.25) is 0 Å². The zero-order valence-electron chi connectivity index (χ0n) is 10.8. The number of rotatable bonds is 4. The molecule has 0 amide bonds. The van der Waals surface area contributed by atoms with Crippen LogP contribution in [0.2, 0.25) is 5.02 Å². The summed E-state index contributed by atoms with van der Waals surface area (Å²) in [5.74, 6) is -0.761. The minimum absolute atomic E-state index is 0.0747. The summed E-state index contributed by atoms with van der Waals surface area (Å²) in [6.07, 6.45) is 1.74. The number of nitrogens with zero attached hydrogens (tertiary/aromatic N) is 2. The van der Waals surface area contributed by atoms with Gasteiger partial charge in [-0.25, -0.2) is 4.68 Å². The fourth-order valence-corrected chi connectivity index (χ4v) is 2.18. The molecule has 0 aliphatic rings. The maximum atomic E-state index is 12.5. The lowest BCUT2D eigenvalue weighted by atomic mass is 10.1. The molecule has 126 valence electrons. The number of hydrogen-bond donors (Lipinski definition) is 0. The highest BCUT2D eigenvalue weighted by molar-refractivity contribution is 7.88. The lowest BCUT2D eigenvalue weighted by Gasteiger charge is -2.12. The zero-order valence-corrected chi connectivity index (χ0v) is 12.3. The molecule has 2 rings (SSSR count). The molecule has 5 nitrogen and oxygen atoms in total. The van der Waals surface area contributed by atoms with Crippen LogP contribution in [0.3, 0.4) is 0 Å². The molecule has 0 N–H and O–H groups in total. The molecule has 0 bridgehead atoms. The monoisotopic (exact) mass is 376 g/mol. The molecule has 0 spiro atoms. The molecule has 0 saturated carbocycles. The standard InChI is InChI=1S/C11H6ClF5N2O3S/c12-7-1-2-8(6-4-18-19(5-6)10(13)14)9(3-7)22-23(20,21)11(15,16)17/h1-5,10H. The van der Waals surface area contributed by atoms with E-state index in [-0.39, 0.29) is 20.8 Å². The quantitative estimate of drug-likeness (QED) is 0.462. The minimum Gasteiger partial charge on any atom is -0.375 e. The molecule has 0 aliphatic carbocycles. The summed E-state index contributed by atoms with van der Waals surface area (Å²) in [5.41, 5.74) is -5.93. The van der Waals surface area contributed by atoms with Gasteiger partial charge in [0.05, 0.1) is 6.20 Å². The highest BCUT2D eigenvalue weighted by Crippen LogP contribution is 2.36. The average molecular weight is 377 g/mol. The lowest BCUT2D eigenvalue weighted by Crippen LogP contribution is -2.28. The maximum absolute atomic E-state index is 12.5. The van der Waals surface area contributed by atoms with E-state index >= 15 is 0 Å². The van der Waals surface area contributed by atoms with Crippen LogP contribution in [-0.2, 0) is 10.1 Å². The molecular formula is C11H6ClF5N2O3S. The Morgan fingerprint density at radius 3 is 2.43 bits per heavy atom. The van der Waals surface area contributed by atoms with E-state index in [1.54, 1.807) is 0 Å². The zero-order chi connectivity index (χ0) is 17.4. The number of hydrogen-bond acceptors (Lipinski definition) is 4. The molecule has 1 aromatic carbocycles. The Bertz CT molecular complexity index is 819. The summed E-state index contributed by atoms with van der Waals surface area (Å²) in [5, 5.41) is 3.20. The van der Waals surface area contributed by atoms with E-state index in [9.17, 15) is 30.4 Å². The van der Waals surface area contributed by atoms with Gasteiger partial charge in [0.2, 0.25) is 0 Å². The molecule has 23 heavy (non-hydrogen) atoms. The van der Waals surface area contributed by atoms with Crippen molar-refractivity contribution in [2.24, 2.45) is 0 Å². The third-order valence-corrected chi connectivity index (χ3v) is 3.74. The number of benzene rings is 1. The molecule has 0 saturated heterocycles. The van der Waals surface area contributed by atoms with Crippen molar-refractivity contribution >= 4 is 21.7 Å². The predicted molar refractivity (Wildman–Crippen MR) is 69.5 cm³/mol. The number of alkyl halides is 5. The highest BCUT2D eigenvalue weighted by Gasteiger charge is 2.48. The van der Waals surface area contributed by atoms with Crippen molar-refractivity contribution in [3.05, 3.63) is 35.6 Å². The van der Waals surface area contributed by atoms with Gasteiger partial charge in [-0.2, -0.15) is 35.5 Å². The van der Waals surface area contributed by atoms with E-state index in [2.05, 4.69) is 9.28 Å². The van der Waals surface area contributed by atoms with Crippen LogP contribution in [0.4, 0.5) is 22.0 Å². The Kier molecular flexibility index (Phi) is 4.53. The predicted octanol–water partition coefficient (Wildman–Crippen LogP) is 3.83. The van der Waals surface area contributed by atoms with E-state index in [0.717, 1.165) is 24.5 Å². The molecule has 1 heterocycles. The first-order valence-electron chi connectivity index (χ1n) is 5.64. The van der Waals surface area contributed by atoms with Crippen molar-refractivity contribution in [3.8, 4) is 16.9 Å². The molecule has 12 heteroatoms. The second-order valence-electron chi connectivity index (χ2n) is 4.11. The van der Waals surface area contributed by atoms with Gasteiger partial charge in [-0.05, 0) is 12.1 Å². The Labute approximate surface area is 131 Å². The van der Waals surface area contributed by atoms with Gasteiger partial charge in [-0.15, -0.1) is 0 Å². The molecule has 0 fully saturated rings. The van der Waals surface area contributed by atoms with Gasteiger partial charge in [0, 0.05) is 28.4 Å². The summed E-state index contributed by atoms with van der Waals surface area (Å²) in [4.78, 5) is 0. The Morgan fingerprint density at radius 1 is 1.26 bits per heavy atom. The normalized spacial score (nSPS) is 12.7. The topological polar surface area (TPSA) is 61.2 Å². The second-order valence-corrected chi connectivity index (χ2v) is 6.08. The lowest BCUT2D eigenvalue weighted by molar-refractivity contribution is -0.0499. The first-order chi connectivity index (χ1) is 10.5. The SMILES string of the molecule is O=S(=O)(Oc1cc(Cl)ccc1-c1cnn(C(F)F)c1)C(F)(F)F. The van der Waals surface area contributed by atoms with Crippen molar-refractivity contribution in [1.29, 1.82) is 0 Å². The van der Waals surface area contributed by atoms with Crippen LogP contribution in [0.5, 0.6) is 5.75 Å². The van der Waals surface area contributed by atoms with Gasteiger partial charge in [-0.1, -0.05) is 11.6 Å². The minimum atomic E-state index is -5.94. The fourth-order valence-electron chi connectivity index (χ4n) is 1.55. The summed E-state index contributed by atoms with van der Waals surface area (Å²) in [6, 6.07) is 3.17. The largest absolute Gasteiger partial charge is 0.534 e. The molecule has 2 aromatic rings. The number of aromatic nitrogens is 2. The smallest absolute Gasteiger partial charge is 0.375 e. The van der Waals surface area contributed by atoms with Crippen LogP contribution in [0.25, 0.3) is 11.1 Å². The van der Waals surface area contributed by atoms with Crippen LogP contribution in [0.1, 0.15) is 6.55 Å². The fraction of sp³-hybridized carbons (Fsp3) is 0.182. The first-order valence-corrected chi connectivity index (χ1v) is 7.43. The van der Waals surface area contributed by atoms with E-state index in [1.807, 2.05) is 0 Å². The van der Waals surface area contributed by atoms with Crippen LogP contribution in [0, 0.1) is 0 Å². The Hall–Kier alpha value is -1.88. The molecule has 0 atom stereocenters. The van der Waals surface area contributed by atoms with Gasteiger partial charge < -0.3 is 4.18 Å². The molecular weight excluding hydrogens is 371 g/mol. The van der Waals surface area contributed by atoms with E-state index < -0.39 is 27.9 Å². The summed E-state index contributed by atoms with van der Waals surface area (Å²) >= 11 is 5.61. The summed E-state index contributed by atoms with van der Waals surface area (Å²) in [6.45, 7) is -2.97. The van der Waals surface area contributed by atoms with E-state index in [4.69, 9.17) is 11.6 Å². The van der Waals surface area contributed by atoms with Crippen LogP contribution in [0.15, 0.2) is 30.6 Å². The van der Waals surface area contributed by atoms with Gasteiger partial charge in [0.15, 0.2) is 5.75 Å². The third kappa shape index (κ3) is 3.72. The molecule has 1 aromatic heterocycles. The van der Waals surface area contributed by atoms with Crippen molar-refractivity contribution in [3.63, 3.8) is 0 Å². The van der Waals surface area contributed by atoms with Crippen LogP contribution >= 0.6 is 11.6 Å². The summed E-state index contributed by atoms with van der Waals surface area (Å²) in [7, 11) is -5.94. The van der Waals surface area contributed by atoms with Crippen molar-refractivity contribution < 1.29 is 34.6 Å². The van der Waals surface area contributed by atoms with Crippen molar-refractivity contribution in [2.45, 2.75) is 12.1 Å². The first kappa shape index (κ1) is 17.5. The summed E-state index contributed by atoms with van der Waals surface area (Å²) < 4.78 is 88.7. The van der Waals surface area contributed by atoms with Crippen molar-refractivity contribution in [2.75, 3.05) is 0 Å². The van der Waals surface area contributed by atoms with Gasteiger partial charge in [0.1, 0.15) is 0 Å². The molecule has 0 radical (unpaired) electrons. The van der Waals surface area contributed by atoms with E-state index in [1.165, 1.54) is 6.07 Å². The number of halogens is 6.